The first kappa shape index (κ1) is 19.7. The molecule has 0 radical (unpaired) electrons. The van der Waals surface area contributed by atoms with Gasteiger partial charge in [-0.05, 0) is 31.0 Å². The van der Waals surface area contributed by atoms with Crippen LogP contribution in [-0.4, -0.2) is 32.3 Å². The topological polar surface area (TPSA) is 73.6 Å². The van der Waals surface area contributed by atoms with Crippen molar-refractivity contribution in [3.05, 3.63) is 23.8 Å². The molecule has 0 aliphatic heterocycles. The first-order valence-electron chi connectivity index (χ1n) is 6.87. The Hall–Kier alpha value is -1.30. The Kier molecular flexibility index (Phi) is 9.78. The molecule has 1 aromatic rings. The van der Waals surface area contributed by atoms with Gasteiger partial charge in [-0.1, -0.05) is 19.4 Å². The van der Waals surface area contributed by atoms with E-state index in [9.17, 15) is 4.79 Å². The lowest BCUT2D eigenvalue weighted by Gasteiger charge is -2.15. The van der Waals surface area contributed by atoms with Crippen LogP contribution in [0.4, 0.5) is 5.69 Å². The minimum absolute atomic E-state index is 0. The van der Waals surface area contributed by atoms with Crippen LogP contribution in [0.15, 0.2) is 18.2 Å². The largest absolute Gasteiger partial charge is 0.489 e. The maximum absolute atomic E-state index is 12.0. The molecule has 21 heavy (non-hydrogen) atoms. The number of carbonyl (C=O) groups is 1. The van der Waals surface area contributed by atoms with E-state index in [0.717, 1.165) is 12.0 Å². The van der Waals surface area contributed by atoms with E-state index in [1.165, 1.54) is 0 Å². The van der Waals surface area contributed by atoms with Gasteiger partial charge in [0.15, 0.2) is 0 Å². The molecule has 120 valence electrons. The molecule has 1 aromatic carbocycles. The summed E-state index contributed by atoms with van der Waals surface area (Å²) in [5, 5.41) is 2.82. The van der Waals surface area contributed by atoms with Gasteiger partial charge in [-0.15, -0.1) is 12.4 Å². The van der Waals surface area contributed by atoms with Gasteiger partial charge in [-0.3, -0.25) is 4.79 Å². The fraction of sp³-hybridized carbons (Fsp3) is 0.533. The van der Waals surface area contributed by atoms with E-state index in [4.69, 9.17) is 15.2 Å². The number of hydrogen-bond donors (Lipinski definition) is 2. The number of nitrogens with two attached hydrogens (primary N) is 1. The van der Waals surface area contributed by atoms with Crippen molar-refractivity contribution < 1.29 is 14.3 Å². The Labute approximate surface area is 132 Å². The molecule has 5 nitrogen and oxygen atoms in total. The number of carbonyl (C=O) groups excluding carboxylic acids is 1. The summed E-state index contributed by atoms with van der Waals surface area (Å²) in [4.78, 5) is 12.0. The van der Waals surface area contributed by atoms with Crippen molar-refractivity contribution in [2.24, 2.45) is 5.73 Å². The zero-order chi connectivity index (χ0) is 15.0. The summed E-state index contributed by atoms with van der Waals surface area (Å²) in [6.07, 6.45) is 1.54. The normalized spacial score (nSPS) is 11.4. The summed E-state index contributed by atoms with van der Waals surface area (Å²) in [6.45, 7) is 4.90. The predicted molar refractivity (Wildman–Crippen MR) is 87.3 cm³/mol. The first-order valence-corrected chi connectivity index (χ1v) is 6.87. The fourth-order valence-corrected chi connectivity index (χ4v) is 1.75. The zero-order valence-electron chi connectivity index (χ0n) is 12.8. The number of anilines is 1. The summed E-state index contributed by atoms with van der Waals surface area (Å²) >= 11 is 0. The van der Waals surface area contributed by atoms with Crippen LogP contribution in [0, 0.1) is 6.92 Å². The molecule has 0 fully saturated rings. The number of ether oxygens (including phenoxy) is 2. The van der Waals surface area contributed by atoms with Gasteiger partial charge < -0.3 is 20.5 Å². The van der Waals surface area contributed by atoms with E-state index in [-0.39, 0.29) is 18.3 Å². The van der Waals surface area contributed by atoms with Gasteiger partial charge in [-0.25, -0.2) is 0 Å². The van der Waals surface area contributed by atoms with Crippen molar-refractivity contribution in [3.63, 3.8) is 0 Å². The number of nitrogens with one attached hydrogen (secondary N) is 1. The second-order valence-electron chi connectivity index (χ2n) is 4.73. The van der Waals surface area contributed by atoms with Gasteiger partial charge in [0.05, 0.1) is 18.3 Å². The van der Waals surface area contributed by atoms with Crippen LogP contribution in [-0.2, 0) is 9.53 Å². The minimum Gasteiger partial charge on any atom is -0.489 e. The smallest absolute Gasteiger partial charge is 0.241 e. The maximum atomic E-state index is 12.0. The van der Waals surface area contributed by atoms with Gasteiger partial charge >= 0.3 is 0 Å². The highest BCUT2D eigenvalue weighted by molar-refractivity contribution is 5.95. The molecule has 0 spiro atoms. The van der Waals surface area contributed by atoms with Gasteiger partial charge in [0.25, 0.3) is 0 Å². The molecule has 0 bridgehead atoms. The molecule has 1 unspecified atom stereocenters. The van der Waals surface area contributed by atoms with E-state index in [2.05, 4.69) is 5.32 Å². The molecule has 0 heterocycles. The van der Waals surface area contributed by atoms with Crippen molar-refractivity contribution in [2.45, 2.75) is 32.7 Å². The first-order chi connectivity index (χ1) is 9.58. The molecule has 3 N–H and O–H groups in total. The fourth-order valence-electron chi connectivity index (χ4n) is 1.75. The van der Waals surface area contributed by atoms with Crippen molar-refractivity contribution in [1.82, 2.24) is 0 Å². The SMILES string of the molecule is CCCC(N)C(=O)Nc1ccc(C)cc1OCCOC.Cl. The molecule has 0 saturated carbocycles. The molecule has 1 atom stereocenters. The summed E-state index contributed by atoms with van der Waals surface area (Å²) < 4.78 is 10.6. The van der Waals surface area contributed by atoms with Crippen LogP contribution < -0.4 is 15.8 Å². The molecule has 6 heteroatoms. The summed E-state index contributed by atoms with van der Waals surface area (Å²) in [5.41, 5.74) is 7.51. The van der Waals surface area contributed by atoms with E-state index in [0.29, 0.717) is 31.1 Å². The Bertz CT molecular complexity index is 441. The third-order valence-electron chi connectivity index (χ3n) is 2.88. The molecule has 0 aliphatic carbocycles. The molecule has 1 rings (SSSR count). The van der Waals surface area contributed by atoms with Crippen LogP contribution in [0.3, 0.4) is 0 Å². The van der Waals surface area contributed by atoms with Gasteiger partial charge in [0.2, 0.25) is 5.91 Å². The van der Waals surface area contributed by atoms with Gasteiger partial charge in [-0.2, -0.15) is 0 Å². The quantitative estimate of drug-likeness (QED) is 0.723. The molecule has 1 amide bonds. The number of benzene rings is 1. The standard InChI is InChI=1S/C15H24N2O3.ClH/c1-4-5-12(16)15(18)17-13-7-6-11(2)10-14(13)20-9-8-19-3;/h6-7,10,12H,4-5,8-9,16H2,1-3H3,(H,17,18);1H. The Morgan fingerprint density at radius 1 is 1.38 bits per heavy atom. The molecule has 0 saturated heterocycles. The van der Waals surface area contributed by atoms with Crippen molar-refractivity contribution in [1.29, 1.82) is 0 Å². The van der Waals surface area contributed by atoms with Crippen molar-refractivity contribution in [3.8, 4) is 5.75 Å². The third kappa shape index (κ3) is 6.80. The number of rotatable bonds is 8. The van der Waals surface area contributed by atoms with E-state index < -0.39 is 6.04 Å². The Morgan fingerprint density at radius 3 is 2.71 bits per heavy atom. The average Bonchev–Trinajstić information content (AvgIpc) is 2.42. The van der Waals surface area contributed by atoms with Crippen LogP contribution in [0.5, 0.6) is 5.75 Å². The van der Waals surface area contributed by atoms with E-state index in [1.54, 1.807) is 7.11 Å². The second-order valence-corrected chi connectivity index (χ2v) is 4.73. The molecular formula is C15H25ClN2O3. The summed E-state index contributed by atoms with van der Waals surface area (Å²) in [5.74, 6) is 0.450. The molecule has 0 aromatic heterocycles. The zero-order valence-corrected chi connectivity index (χ0v) is 13.7. The highest BCUT2D eigenvalue weighted by Gasteiger charge is 2.14. The van der Waals surface area contributed by atoms with Crippen LogP contribution in [0.2, 0.25) is 0 Å². The number of hydrogen-bond acceptors (Lipinski definition) is 4. The van der Waals surface area contributed by atoms with Crippen LogP contribution >= 0.6 is 12.4 Å². The minimum atomic E-state index is -0.492. The molecular weight excluding hydrogens is 292 g/mol. The monoisotopic (exact) mass is 316 g/mol. The highest BCUT2D eigenvalue weighted by Crippen LogP contribution is 2.26. The Balaban J connectivity index is 0.00000400. The lowest BCUT2D eigenvalue weighted by Crippen LogP contribution is -2.35. The Morgan fingerprint density at radius 2 is 2.10 bits per heavy atom. The van der Waals surface area contributed by atoms with Gasteiger partial charge in [0.1, 0.15) is 12.4 Å². The third-order valence-corrected chi connectivity index (χ3v) is 2.88. The van der Waals surface area contributed by atoms with Crippen molar-refractivity contribution >= 4 is 24.0 Å². The van der Waals surface area contributed by atoms with E-state index in [1.807, 2.05) is 32.0 Å². The van der Waals surface area contributed by atoms with Crippen LogP contribution in [0.1, 0.15) is 25.3 Å². The number of methoxy groups -OCH3 is 1. The number of amides is 1. The number of aryl methyl sites for hydroxylation is 1. The van der Waals surface area contributed by atoms with Crippen molar-refractivity contribution in [2.75, 3.05) is 25.6 Å². The average molecular weight is 317 g/mol. The van der Waals surface area contributed by atoms with E-state index >= 15 is 0 Å². The lowest BCUT2D eigenvalue weighted by molar-refractivity contribution is -0.117. The summed E-state index contributed by atoms with van der Waals surface area (Å²) in [6, 6.07) is 5.14. The predicted octanol–water partition coefficient (Wildman–Crippen LogP) is 2.51. The number of halogens is 1. The van der Waals surface area contributed by atoms with Gasteiger partial charge in [0, 0.05) is 7.11 Å². The highest BCUT2D eigenvalue weighted by atomic mass is 35.5. The lowest BCUT2D eigenvalue weighted by atomic mass is 10.1. The second kappa shape index (κ2) is 10.4. The maximum Gasteiger partial charge on any atom is 0.241 e. The van der Waals surface area contributed by atoms with Crippen LogP contribution in [0.25, 0.3) is 0 Å². The molecule has 0 aliphatic rings. The summed E-state index contributed by atoms with van der Waals surface area (Å²) in [7, 11) is 1.62.